The van der Waals surface area contributed by atoms with Crippen LogP contribution in [0.4, 0.5) is 0 Å². The maximum absolute atomic E-state index is 8.75. The Morgan fingerprint density at radius 1 is 1.29 bits per heavy atom. The van der Waals surface area contributed by atoms with Crippen molar-refractivity contribution in [1.29, 1.82) is 0 Å². The summed E-state index contributed by atoms with van der Waals surface area (Å²) in [5.74, 6) is 0.726. The molecule has 2 nitrogen and oxygen atoms in total. The van der Waals surface area contributed by atoms with Gasteiger partial charge < -0.3 is 9.84 Å². The fourth-order valence-corrected chi connectivity index (χ4v) is 1.68. The van der Waals surface area contributed by atoms with Crippen molar-refractivity contribution >= 4 is 0 Å². The van der Waals surface area contributed by atoms with E-state index in [-0.39, 0.29) is 12.2 Å². The molecule has 0 saturated carbocycles. The van der Waals surface area contributed by atoms with Crippen molar-refractivity contribution in [2.45, 2.75) is 59.0 Å². The van der Waals surface area contributed by atoms with Crippen LogP contribution in [0, 0.1) is 5.92 Å². The lowest BCUT2D eigenvalue weighted by atomic mass is 9.91. The zero-order valence-electron chi connectivity index (χ0n) is 10.2. The summed E-state index contributed by atoms with van der Waals surface area (Å²) in [6.45, 7) is 9.40. The molecule has 1 unspecified atom stereocenters. The summed E-state index contributed by atoms with van der Waals surface area (Å²) in [6.07, 6.45) is 4.51. The van der Waals surface area contributed by atoms with E-state index in [1.54, 1.807) is 0 Å². The molecule has 2 heteroatoms. The van der Waals surface area contributed by atoms with Crippen LogP contribution in [0.1, 0.15) is 53.4 Å². The zero-order valence-corrected chi connectivity index (χ0v) is 10.2. The predicted molar refractivity (Wildman–Crippen MR) is 60.4 cm³/mol. The van der Waals surface area contributed by atoms with Crippen LogP contribution in [0.2, 0.25) is 0 Å². The van der Waals surface area contributed by atoms with Crippen molar-refractivity contribution in [3.8, 4) is 0 Å². The van der Waals surface area contributed by atoms with Crippen LogP contribution in [-0.4, -0.2) is 23.9 Å². The minimum absolute atomic E-state index is 0.0260. The largest absolute Gasteiger partial charge is 0.394 e. The molecule has 14 heavy (non-hydrogen) atoms. The van der Waals surface area contributed by atoms with Gasteiger partial charge in [0.25, 0.3) is 0 Å². The van der Waals surface area contributed by atoms with Crippen LogP contribution in [0.5, 0.6) is 0 Å². The van der Waals surface area contributed by atoms with E-state index in [4.69, 9.17) is 9.84 Å². The highest BCUT2D eigenvalue weighted by Crippen LogP contribution is 2.25. The van der Waals surface area contributed by atoms with Crippen LogP contribution < -0.4 is 0 Å². The molecule has 0 aliphatic rings. The van der Waals surface area contributed by atoms with E-state index < -0.39 is 0 Å². The van der Waals surface area contributed by atoms with Crippen LogP contribution in [0.3, 0.4) is 0 Å². The lowest BCUT2D eigenvalue weighted by molar-refractivity contribution is -0.0592. The van der Waals surface area contributed by atoms with E-state index >= 15 is 0 Å². The van der Waals surface area contributed by atoms with E-state index in [0.717, 1.165) is 25.2 Å². The topological polar surface area (TPSA) is 29.5 Å². The smallest absolute Gasteiger partial charge is 0.0705 e. The van der Waals surface area contributed by atoms with Gasteiger partial charge in [0.05, 0.1) is 18.8 Å². The van der Waals surface area contributed by atoms with Crippen molar-refractivity contribution in [1.82, 2.24) is 0 Å². The Morgan fingerprint density at radius 3 is 2.36 bits per heavy atom. The second kappa shape index (κ2) is 7.24. The summed E-state index contributed by atoms with van der Waals surface area (Å²) in [5, 5.41) is 8.75. The van der Waals surface area contributed by atoms with Crippen LogP contribution in [-0.2, 0) is 4.74 Å². The highest BCUT2D eigenvalue weighted by atomic mass is 16.5. The summed E-state index contributed by atoms with van der Waals surface area (Å²) in [5.41, 5.74) is -0.0260. The molecule has 0 rings (SSSR count). The fraction of sp³-hybridized carbons (Fsp3) is 1.00. The van der Waals surface area contributed by atoms with Gasteiger partial charge in [-0.3, -0.25) is 0 Å². The standard InChI is InChI=1S/C12H26O2/c1-5-7-12(4,14-10-9-13)8-6-11(2)3/h11,13H,5-10H2,1-4H3. The Morgan fingerprint density at radius 2 is 1.93 bits per heavy atom. The molecule has 0 heterocycles. The van der Waals surface area contributed by atoms with Gasteiger partial charge in [-0.15, -0.1) is 0 Å². The third kappa shape index (κ3) is 6.39. The SMILES string of the molecule is CCCC(C)(CCC(C)C)OCCO. The molecule has 0 aromatic heterocycles. The van der Waals surface area contributed by atoms with Crippen molar-refractivity contribution in [2.24, 2.45) is 5.92 Å². The first-order chi connectivity index (χ1) is 6.54. The average Bonchev–Trinajstić information content (AvgIpc) is 2.13. The number of hydrogen-bond donors (Lipinski definition) is 1. The number of hydrogen-bond acceptors (Lipinski definition) is 2. The van der Waals surface area contributed by atoms with Gasteiger partial charge in [0.1, 0.15) is 0 Å². The second-order valence-corrected chi connectivity index (χ2v) is 4.70. The minimum atomic E-state index is -0.0260. The van der Waals surface area contributed by atoms with Crippen LogP contribution in [0.25, 0.3) is 0 Å². The van der Waals surface area contributed by atoms with E-state index in [1.807, 2.05) is 0 Å². The van der Waals surface area contributed by atoms with Gasteiger partial charge in [0.2, 0.25) is 0 Å². The molecule has 0 aromatic rings. The molecule has 0 aliphatic heterocycles. The molecule has 0 aromatic carbocycles. The number of rotatable bonds is 8. The van der Waals surface area contributed by atoms with Crippen molar-refractivity contribution in [2.75, 3.05) is 13.2 Å². The number of ether oxygens (including phenoxy) is 1. The van der Waals surface area contributed by atoms with E-state index in [1.165, 1.54) is 6.42 Å². The monoisotopic (exact) mass is 202 g/mol. The number of aliphatic hydroxyl groups is 1. The van der Waals surface area contributed by atoms with E-state index in [0.29, 0.717) is 6.61 Å². The molecule has 1 N–H and O–H groups in total. The van der Waals surface area contributed by atoms with Crippen molar-refractivity contribution in [3.05, 3.63) is 0 Å². The minimum Gasteiger partial charge on any atom is -0.394 e. The fourth-order valence-electron chi connectivity index (χ4n) is 1.68. The van der Waals surface area contributed by atoms with Crippen LogP contribution in [0.15, 0.2) is 0 Å². The maximum Gasteiger partial charge on any atom is 0.0705 e. The molecule has 0 amide bonds. The Kier molecular flexibility index (Phi) is 7.20. The van der Waals surface area contributed by atoms with E-state index in [9.17, 15) is 0 Å². The quantitative estimate of drug-likeness (QED) is 0.655. The van der Waals surface area contributed by atoms with Gasteiger partial charge in [0.15, 0.2) is 0 Å². The summed E-state index contributed by atoms with van der Waals surface area (Å²) in [6, 6.07) is 0. The predicted octanol–water partition coefficient (Wildman–Crippen LogP) is 2.99. The van der Waals surface area contributed by atoms with Crippen LogP contribution >= 0.6 is 0 Å². The molecular weight excluding hydrogens is 176 g/mol. The third-order valence-electron chi connectivity index (χ3n) is 2.57. The highest BCUT2D eigenvalue weighted by molar-refractivity contribution is 4.75. The lowest BCUT2D eigenvalue weighted by Crippen LogP contribution is -2.30. The first kappa shape index (κ1) is 13.9. The average molecular weight is 202 g/mol. The normalized spacial score (nSPS) is 15.9. The molecule has 0 radical (unpaired) electrons. The summed E-state index contributed by atoms with van der Waals surface area (Å²) >= 11 is 0. The summed E-state index contributed by atoms with van der Waals surface area (Å²) in [4.78, 5) is 0. The second-order valence-electron chi connectivity index (χ2n) is 4.70. The first-order valence-electron chi connectivity index (χ1n) is 5.79. The number of aliphatic hydroxyl groups excluding tert-OH is 1. The molecular formula is C12H26O2. The molecule has 0 saturated heterocycles. The Bertz CT molecular complexity index is 134. The highest BCUT2D eigenvalue weighted by Gasteiger charge is 2.23. The Labute approximate surface area is 88.7 Å². The Hall–Kier alpha value is -0.0800. The molecule has 0 aliphatic carbocycles. The van der Waals surface area contributed by atoms with Gasteiger partial charge in [-0.05, 0) is 32.1 Å². The van der Waals surface area contributed by atoms with Crippen molar-refractivity contribution < 1.29 is 9.84 Å². The van der Waals surface area contributed by atoms with Gasteiger partial charge in [-0.25, -0.2) is 0 Å². The van der Waals surface area contributed by atoms with Gasteiger partial charge in [0, 0.05) is 0 Å². The lowest BCUT2D eigenvalue weighted by Gasteiger charge is -2.30. The van der Waals surface area contributed by atoms with Gasteiger partial charge in [-0.1, -0.05) is 27.2 Å². The molecule has 0 fully saturated rings. The molecule has 1 atom stereocenters. The third-order valence-corrected chi connectivity index (χ3v) is 2.57. The first-order valence-corrected chi connectivity index (χ1v) is 5.79. The molecule has 0 bridgehead atoms. The zero-order chi connectivity index (χ0) is 11.0. The maximum atomic E-state index is 8.75. The van der Waals surface area contributed by atoms with E-state index in [2.05, 4.69) is 27.7 Å². The van der Waals surface area contributed by atoms with Gasteiger partial charge >= 0.3 is 0 Å². The Balaban J connectivity index is 3.95. The molecule has 86 valence electrons. The summed E-state index contributed by atoms with van der Waals surface area (Å²) < 4.78 is 5.72. The van der Waals surface area contributed by atoms with Gasteiger partial charge in [-0.2, -0.15) is 0 Å². The van der Waals surface area contributed by atoms with Crippen molar-refractivity contribution in [3.63, 3.8) is 0 Å². The molecule has 0 spiro atoms. The summed E-state index contributed by atoms with van der Waals surface area (Å²) in [7, 11) is 0.